The molecule has 0 aliphatic heterocycles. The van der Waals surface area contributed by atoms with E-state index in [2.05, 4.69) is 10.4 Å². The van der Waals surface area contributed by atoms with Gasteiger partial charge in [0.05, 0.1) is 22.3 Å². The summed E-state index contributed by atoms with van der Waals surface area (Å²) in [5.41, 5.74) is 4.19. The molecule has 2 amide bonds. The molecule has 32 heavy (non-hydrogen) atoms. The zero-order valence-electron chi connectivity index (χ0n) is 18.3. The summed E-state index contributed by atoms with van der Waals surface area (Å²) in [6, 6.07) is 18.8. The Kier molecular flexibility index (Phi) is 5.96. The van der Waals surface area contributed by atoms with Gasteiger partial charge in [0.1, 0.15) is 0 Å². The van der Waals surface area contributed by atoms with Crippen molar-refractivity contribution in [3.05, 3.63) is 71.9 Å². The molecule has 0 bridgehead atoms. The van der Waals surface area contributed by atoms with Crippen LogP contribution in [0.15, 0.2) is 65.6 Å². The first kappa shape index (κ1) is 21.6. The smallest absolute Gasteiger partial charge is 0.285 e. The maximum atomic E-state index is 13.3. The third kappa shape index (κ3) is 4.36. The van der Waals surface area contributed by atoms with Crippen molar-refractivity contribution >= 4 is 39.6 Å². The van der Waals surface area contributed by atoms with Crippen molar-refractivity contribution in [2.75, 3.05) is 19.4 Å². The average molecular weight is 446 g/mol. The summed E-state index contributed by atoms with van der Waals surface area (Å²) in [5.74, 6) is -0.240. The molecular weight excluding hydrogens is 422 g/mol. The number of nitrogens with one attached hydrogen (secondary N) is 1. The Morgan fingerprint density at radius 3 is 2.38 bits per heavy atom. The van der Waals surface area contributed by atoms with Crippen LogP contribution in [-0.4, -0.2) is 44.9 Å². The standard InChI is InChI=1S/C24H23N5O2S/c1-15-21-19(14-20(16-8-6-5-7-9-16)26-22(21)29(4)27-15)23(30)25-17-10-12-18(13-11-17)32-24(31)28(2)3/h5-14H,1-4H3,(H,25,30). The van der Waals surface area contributed by atoms with Gasteiger partial charge in [-0.2, -0.15) is 5.10 Å². The van der Waals surface area contributed by atoms with Crippen molar-refractivity contribution < 1.29 is 9.59 Å². The molecule has 162 valence electrons. The fourth-order valence-corrected chi connectivity index (χ4v) is 4.03. The normalized spacial score (nSPS) is 10.9. The first-order valence-corrected chi connectivity index (χ1v) is 10.9. The average Bonchev–Trinajstić information content (AvgIpc) is 3.08. The third-order valence-corrected chi connectivity index (χ3v) is 6.01. The number of hydrogen-bond acceptors (Lipinski definition) is 5. The zero-order valence-corrected chi connectivity index (χ0v) is 19.1. The summed E-state index contributed by atoms with van der Waals surface area (Å²) in [4.78, 5) is 32.2. The monoisotopic (exact) mass is 445 g/mol. The largest absolute Gasteiger partial charge is 0.339 e. The highest BCUT2D eigenvalue weighted by Gasteiger charge is 2.19. The molecule has 0 spiro atoms. The lowest BCUT2D eigenvalue weighted by Gasteiger charge is -2.11. The van der Waals surface area contributed by atoms with Crippen LogP contribution in [-0.2, 0) is 7.05 Å². The van der Waals surface area contributed by atoms with Crippen LogP contribution in [0, 0.1) is 6.92 Å². The Morgan fingerprint density at radius 2 is 1.72 bits per heavy atom. The number of amides is 2. The zero-order chi connectivity index (χ0) is 22.8. The molecule has 0 fully saturated rings. The molecule has 0 radical (unpaired) electrons. The summed E-state index contributed by atoms with van der Waals surface area (Å²) >= 11 is 1.14. The lowest BCUT2D eigenvalue weighted by Crippen LogP contribution is -2.16. The fourth-order valence-electron chi connectivity index (χ4n) is 3.38. The second-order valence-corrected chi connectivity index (χ2v) is 8.59. The number of thioether (sulfide) groups is 1. The van der Waals surface area contributed by atoms with Crippen molar-refractivity contribution in [1.29, 1.82) is 0 Å². The number of rotatable bonds is 4. The summed E-state index contributed by atoms with van der Waals surface area (Å²) in [6.45, 7) is 1.87. The number of aryl methyl sites for hydroxylation is 2. The Hall–Kier alpha value is -3.65. The summed E-state index contributed by atoms with van der Waals surface area (Å²) in [5, 5.41) is 8.10. The Morgan fingerprint density at radius 1 is 1.03 bits per heavy atom. The van der Waals surface area contributed by atoms with Crippen LogP contribution in [0.1, 0.15) is 16.1 Å². The molecule has 0 unspecified atom stereocenters. The minimum Gasteiger partial charge on any atom is -0.339 e. The van der Waals surface area contributed by atoms with Crippen molar-refractivity contribution in [2.45, 2.75) is 11.8 Å². The predicted molar refractivity (Wildman–Crippen MR) is 128 cm³/mol. The number of anilines is 1. The van der Waals surface area contributed by atoms with Crippen molar-refractivity contribution in [3.8, 4) is 11.3 Å². The quantitative estimate of drug-likeness (QED) is 0.449. The predicted octanol–water partition coefficient (Wildman–Crippen LogP) is 4.97. The van der Waals surface area contributed by atoms with Gasteiger partial charge in [0.25, 0.3) is 11.1 Å². The minimum atomic E-state index is -0.240. The summed E-state index contributed by atoms with van der Waals surface area (Å²) in [7, 11) is 5.25. The maximum Gasteiger partial charge on any atom is 0.285 e. The number of benzene rings is 2. The topological polar surface area (TPSA) is 80.1 Å². The second kappa shape index (κ2) is 8.84. The molecule has 4 rings (SSSR count). The van der Waals surface area contributed by atoms with E-state index < -0.39 is 0 Å². The van der Waals surface area contributed by atoms with Crippen molar-refractivity contribution in [3.63, 3.8) is 0 Å². The molecule has 8 heteroatoms. The van der Waals surface area contributed by atoms with Crippen LogP contribution in [0.2, 0.25) is 0 Å². The SMILES string of the molecule is Cc1nn(C)c2nc(-c3ccccc3)cc(C(=O)Nc3ccc(SC(=O)N(C)C)cc3)c12. The lowest BCUT2D eigenvalue weighted by atomic mass is 10.0. The van der Waals surface area contributed by atoms with Crippen LogP contribution >= 0.6 is 11.8 Å². The first-order valence-electron chi connectivity index (χ1n) is 10.0. The molecule has 0 saturated heterocycles. The number of aromatic nitrogens is 3. The first-order chi connectivity index (χ1) is 15.3. The number of carbonyl (C=O) groups is 2. The molecule has 4 aromatic rings. The van der Waals surface area contributed by atoms with Crippen molar-refractivity contribution in [1.82, 2.24) is 19.7 Å². The van der Waals surface area contributed by atoms with E-state index in [-0.39, 0.29) is 11.1 Å². The molecule has 0 saturated carbocycles. The van der Waals surface area contributed by atoms with E-state index in [9.17, 15) is 9.59 Å². The third-order valence-electron chi connectivity index (χ3n) is 4.97. The van der Waals surface area contributed by atoms with Gasteiger partial charge in [-0.1, -0.05) is 30.3 Å². The lowest BCUT2D eigenvalue weighted by molar-refractivity contribution is 0.102. The van der Waals surface area contributed by atoms with Crippen LogP contribution in [0.3, 0.4) is 0 Å². The van der Waals surface area contributed by atoms with Gasteiger partial charge in [-0.05, 0) is 49.0 Å². The van der Waals surface area contributed by atoms with Crippen LogP contribution < -0.4 is 5.32 Å². The number of fused-ring (bicyclic) bond motifs is 1. The van der Waals surface area contributed by atoms with Gasteiger partial charge >= 0.3 is 0 Å². The second-order valence-electron chi connectivity index (χ2n) is 7.57. The molecular formula is C24H23N5O2S. The Bertz CT molecular complexity index is 1300. The van der Waals surface area contributed by atoms with E-state index in [0.29, 0.717) is 22.6 Å². The molecule has 7 nitrogen and oxygen atoms in total. The summed E-state index contributed by atoms with van der Waals surface area (Å²) in [6.07, 6.45) is 0. The van der Waals surface area contributed by atoms with Gasteiger partial charge in [0, 0.05) is 37.3 Å². The van der Waals surface area contributed by atoms with E-state index in [1.54, 1.807) is 30.9 Å². The van der Waals surface area contributed by atoms with Gasteiger partial charge < -0.3 is 10.2 Å². The van der Waals surface area contributed by atoms with Crippen LogP contribution in [0.5, 0.6) is 0 Å². The Balaban J connectivity index is 1.67. The van der Waals surface area contributed by atoms with E-state index in [1.165, 1.54) is 4.90 Å². The maximum absolute atomic E-state index is 13.3. The van der Waals surface area contributed by atoms with Gasteiger partial charge in [-0.25, -0.2) is 4.98 Å². The number of carbonyl (C=O) groups excluding carboxylic acids is 2. The molecule has 2 aromatic heterocycles. The molecule has 2 aromatic carbocycles. The van der Waals surface area contributed by atoms with Gasteiger partial charge in [0.2, 0.25) is 0 Å². The molecule has 0 atom stereocenters. The highest BCUT2D eigenvalue weighted by atomic mass is 32.2. The van der Waals surface area contributed by atoms with E-state index in [0.717, 1.165) is 33.3 Å². The molecule has 0 aliphatic rings. The molecule has 1 N–H and O–H groups in total. The number of hydrogen-bond donors (Lipinski definition) is 1. The van der Waals surface area contributed by atoms with Gasteiger partial charge in [0.15, 0.2) is 5.65 Å². The van der Waals surface area contributed by atoms with Crippen LogP contribution in [0.4, 0.5) is 10.5 Å². The molecule has 0 aliphatic carbocycles. The van der Waals surface area contributed by atoms with Crippen LogP contribution in [0.25, 0.3) is 22.3 Å². The summed E-state index contributed by atoms with van der Waals surface area (Å²) < 4.78 is 1.70. The highest BCUT2D eigenvalue weighted by molar-refractivity contribution is 8.13. The minimum absolute atomic E-state index is 0.0542. The van der Waals surface area contributed by atoms with E-state index in [1.807, 2.05) is 62.5 Å². The van der Waals surface area contributed by atoms with E-state index >= 15 is 0 Å². The number of nitrogens with zero attached hydrogens (tertiary/aromatic N) is 4. The Labute approximate surface area is 190 Å². The molecule has 2 heterocycles. The van der Waals surface area contributed by atoms with E-state index in [4.69, 9.17) is 4.98 Å². The van der Waals surface area contributed by atoms with Gasteiger partial charge in [-0.15, -0.1) is 0 Å². The fraction of sp³-hybridized carbons (Fsp3) is 0.167. The van der Waals surface area contributed by atoms with Crippen molar-refractivity contribution in [2.24, 2.45) is 7.05 Å². The van der Waals surface area contributed by atoms with Gasteiger partial charge in [-0.3, -0.25) is 14.3 Å². The number of pyridine rings is 1. The highest BCUT2D eigenvalue weighted by Crippen LogP contribution is 2.28.